The van der Waals surface area contributed by atoms with Gasteiger partial charge in [-0.3, -0.25) is 10.2 Å². The molecule has 5 nitrogen and oxygen atoms in total. The van der Waals surface area contributed by atoms with Crippen LogP contribution in [0.25, 0.3) is 0 Å². The molecule has 0 radical (unpaired) electrons. The third-order valence-electron chi connectivity index (χ3n) is 0.792. The Bertz CT molecular complexity index is 168. The van der Waals surface area contributed by atoms with Gasteiger partial charge >= 0.3 is 5.97 Å². The SMILES string of the molecule is CC(C)(C)OC(=O)CNN[C-]=O.[Fm]. The molecular weight excluding hydrogens is 417 g/mol. The van der Waals surface area contributed by atoms with Gasteiger partial charge in [0.1, 0.15) is 12.1 Å². The summed E-state index contributed by atoms with van der Waals surface area (Å²) in [6.45, 7) is 5.24. The minimum absolute atomic E-state index is 0. The third-order valence-corrected chi connectivity index (χ3v) is 0.792. The normalized spacial score (nSPS) is 9.77. The first-order chi connectivity index (χ1) is 5.45. The summed E-state index contributed by atoms with van der Waals surface area (Å²) in [5.74, 6) is -0.426. The molecule has 0 heterocycles. The van der Waals surface area contributed by atoms with E-state index in [9.17, 15) is 9.59 Å². The fraction of sp³-hybridized carbons (Fsp3) is 0.714. The molecule has 0 fully saturated rings. The largest absolute Gasteiger partial charge is 0.519 e. The zero-order chi connectivity index (χ0) is 9.61. The molecule has 0 aromatic heterocycles. The molecule has 1 amide bonds. The van der Waals surface area contributed by atoms with E-state index >= 15 is 0 Å². The summed E-state index contributed by atoms with van der Waals surface area (Å²) in [5.41, 5.74) is 3.82. The molecule has 0 bridgehead atoms. The minimum Gasteiger partial charge on any atom is -0.519 e. The number of hydrazine groups is 1. The molecule has 0 saturated heterocycles. The van der Waals surface area contributed by atoms with E-state index < -0.39 is 11.6 Å². The predicted molar refractivity (Wildman–Crippen MR) is 42.7 cm³/mol. The van der Waals surface area contributed by atoms with E-state index in [0.29, 0.717) is 0 Å². The van der Waals surface area contributed by atoms with Gasteiger partial charge in [0.15, 0.2) is 0 Å². The number of carbonyl (C=O) groups is 1. The summed E-state index contributed by atoms with van der Waals surface area (Å²) in [5, 5.41) is 0. The van der Waals surface area contributed by atoms with Crippen molar-refractivity contribution in [1.82, 2.24) is 10.9 Å². The molecule has 13 heavy (non-hydrogen) atoms. The molecule has 2 N–H and O–H groups in total. The van der Waals surface area contributed by atoms with Crippen LogP contribution in [0.5, 0.6) is 0 Å². The van der Waals surface area contributed by atoms with E-state index in [-0.39, 0.29) is 6.54 Å². The van der Waals surface area contributed by atoms with Crippen molar-refractivity contribution in [3.8, 4) is 0 Å². The quantitative estimate of drug-likeness (QED) is 0.207. The summed E-state index contributed by atoms with van der Waals surface area (Å²) < 4.78 is 4.91. The Kier molecular flexibility index (Phi) is 5.75. The van der Waals surface area contributed by atoms with Crippen molar-refractivity contribution < 1.29 is 14.3 Å². The van der Waals surface area contributed by atoms with Gasteiger partial charge in [0.25, 0.3) is 0 Å². The monoisotopic (exact) mass is 430 g/mol. The van der Waals surface area contributed by atoms with Gasteiger partial charge < -0.3 is 15.0 Å². The average Bonchev–Trinajstić information content (AvgIpc) is 1.84. The number of carbonyl (C=O) groups excluding carboxylic acids is 2. The van der Waals surface area contributed by atoms with Crippen molar-refractivity contribution >= 4 is 12.4 Å². The van der Waals surface area contributed by atoms with Crippen LogP contribution in [-0.2, 0) is 14.3 Å². The van der Waals surface area contributed by atoms with Gasteiger partial charge in [0.05, 0.1) is 0 Å². The molecule has 0 aliphatic rings. The van der Waals surface area contributed by atoms with Crippen molar-refractivity contribution in [1.29, 1.82) is 0 Å². The second-order valence-corrected chi connectivity index (χ2v) is 3.17. The van der Waals surface area contributed by atoms with E-state index in [2.05, 4.69) is 5.43 Å². The Balaban J connectivity index is 0. The van der Waals surface area contributed by atoms with E-state index in [1.807, 2.05) is 5.43 Å². The summed E-state index contributed by atoms with van der Waals surface area (Å²) in [4.78, 5) is 20.5. The first kappa shape index (κ1) is 13.5. The molecule has 0 aliphatic heterocycles. The molecule has 0 rings (SSSR count). The van der Waals surface area contributed by atoms with Crippen molar-refractivity contribution in [2.24, 2.45) is 0 Å². The number of hydrogen-bond donors (Lipinski definition) is 2. The Morgan fingerprint density at radius 2 is 2.00 bits per heavy atom. The molecule has 0 aromatic rings. The van der Waals surface area contributed by atoms with Crippen LogP contribution in [0.3, 0.4) is 0 Å². The first-order valence-electron chi connectivity index (χ1n) is 3.52. The number of rotatable bonds is 4. The maximum Gasteiger partial charge on any atom is 0.322 e. The zero-order valence-corrected chi connectivity index (χ0v) is 10.1. The van der Waals surface area contributed by atoms with Crippen LogP contribution >= 0.6 is 0 Å². The summed E-state index contributed by atoms with van der Waals surface area (Å²) >= 11 is 0. The molecule has 0 atom stereocenters. The van der Waals surface area contributed by atoms with Crippen molar-refractivity contribution in [2.75, 3.05) is 6.54 Å². The van der Waals surface area contributed by atoms with Crippen LogP contribution in [-0.4, -0.2) is 24.5 Å². The second kappa shape index (κ2) is 5.54. The first-order valence-corrected chi connectivity index (χ1v) is 3.52. The van der Waals surface area contributed by atoms with Gasteiger partial charge in [-0.15, -0.1) is 0 Å². The Labute approximate surface area is 71.4 Å². The van der Waals surface area contributed by atoms with Crippen LogP contribution < -0.4 is 10.9 Å². The van der Waals surface area contributed by atoms with Gasteiger partial charge in [-0.25, -0.2) is 0 Å². The van der Waals surface area contributed by atoms with Gasteiger partial charge in [-0.05, 0) is 20.8 Å². The Morgan fingerprint density at radius 3 is 2.38 bits per heavy atom. The maximum atomic E-state index is 10.9. The van der Waals surface area contributed by atoms with Crippen LogP contribution in [0.4, 0.5) is 0 Å². The fourth-order valence-electron chi connectivity index (χ4n) is 0.530. The number of hydrogen-bond acceptors (Lipinski definition) is 4. The average molecular weight is 430 g/mol. The summed E-state index contributed by atoms with van der Waals surface area (Å²) in [6, 6.07) is 0. The van der Waals surface area contributed by atoms with Crippen molar-refractivity contribution in [3.05, 3.63) is 0 Å². The van der Waals surface area contributed by atoms with E-state index in [1.165, 1.54) is 6.41 Å². The second-order valence-electron chi connectivity index (χ2n) is 3.17. The Hall–Kier alpha value is -2.10. The predicted octanol–water partition coefficient (Wildman–Crippen LogP) is -0.510. The van der Waals surface area contributed by atoms with Crippen molar-refractivity contribution in [3.63, 3.8) is 0 Å². The zero-order valence-electron chi connectivity index (χ0n) is 7.72. The van der Waals surface area contributed by atoms with Crippen LogP contribution in [0.1, 0.15) is 20.8 Å². The molecule has 0 aromatic carbocycles. The van der Waals surface area contributed by atoms with Crippen molar-refractivity contribution in [2.45, 2.75) is 26.4 Å². The van der Waals surface area contributed by atoms with Crippen LogP contribution in [0, 0.1) is 0 Å². The number of nitrogens with one attached hydrogen (secondary N) is 2. The smallest absolute Gasteiger partial charge is 0.322 e. The van der Waals surface area contributed by atoms with E-state index in [0.717, 1.165) is 0 Å². The van der Waals surface area contributed by atoms with Gasteiger partial charge in [0.2, 0.25) is 0 Å². The fourth-order valence-corrected chi connectivity index (χ4v) is 0.530. The maximum absolute atomic E-state index is 10.9. The number of esters is 1. The van der Waals surface area contributed by atoms with Gasteiger partial charge in [-0.2, -0.15) is 6.41 Å². The number of amides is 1. The van der Waals surface area contributed by atoms with E-state index in [1.54, 1.807) is 20.8 Å². The topological polar surface area (TPSA) is 67.4 Å². The standard InChI is InChI=1S/C7H13N2O3.Fm/c1-7(2,3)12-6(11)4-8-9-5-10;/h8H,4H2,1-3H3,(H,9,10);/q-1;. The van der Waals surface area contributed by atoms with Gasteiger partial charge in [0, 0.05) is 0 Å². The molecular formula is C7H13FmN2O3-. The van der Waals surface area contributed by atoms with Crippen LogP contribution in [0.15, 0.2) is 0 Å². The number of ether oxygens (including phenoxy) is 1. The molecule has 6 heteroatoms. The molecule has 0 saturated carbocycles. The molecule has 0 aliphatic carbocycles. The van der Waals surface area contributed by atoms with Crippen LogP contribution in [0.2, 0.25) is 0 Å². The molecule has 0 unspecified atom stereocenters. The van der Waals surface area contributed by atoms with Gasteiger partial charge in [-0.1, -0.05) is 0 Å². The molecule has 0 spiro atoms. The van der Waals surface area contributed by atoms with E-state index in [4.69, 9.17) is 4.74 Å². The third kappa shape index (κ3) is 9.90. The summed E-state index contributed by atoms with van der Waals surface area (Å²) in [6.07, 6.45) is 1.37. The Morgan fingerprint density at radius 1 is 1.46 bits per heavy atom. The summed E-state index contributed by atoms with van der Waals surface area (Å²) in [7, 11) is 0. The minimum atomic E-state index is -0.496. The molecule has 82 valence electrons.